The Morgan fingerprint density at radius 2 is 1.10 bits per heavy atom. The Labute approximate surface area is 180 Å². The Bertz CT molecular complexity index is 381. The first-order valence-corrected chi connectivity index (χ1v) is 12.3. The summed E-state index contributed by atoms with van der Waals surface area (Å²) in [5.41, 5.74) is 0. The van der Waals surface area contributed by atoms with Crippen LogP contribution in [0.1, 0.15) is 130 Å². The first-order chi connectivity index (χ1) is 14.1. The maximum absolute atomic E-state index is 11.4. The summed E-state index contributed by atoms with van der Waals surface area (Å²) in [4.78, 5) is 22.2. The zero-order valence-corrected chi connectivity index (χ0v) is 19.6. The third kappa shape index (κ3) is 23.2. The van der Waals surface area contributed by atoms with Gasteiger partial charge in [-0.2, -0.15) is 0 Å². The Morgan fingerprint density at radius 3 is 1.52 bits per heavy atom. The van der Waals surface area contributed by atoms with Gasteiger partial charge < -0.3 is 9.47 Å². The lowest BCUT2D eigenvalue weighted by atomic mass is 10.0. The topological polar surface area (TPSA) is 52.6 Å². The highest BCUT2D eigenvalue weighted by Crippen LogP contribution is 2.13. The van der Waals surface area contributed by atoms with Gasteiger partial charge in [0.25, 0.3) is 0 Å². The van der Waals surface area contributed by atoms with Crippen LogP contribution in [0, 0.1) is 0 Å². The van der Waals surface area contributed by atoms with Crippen molar-refractivity contribution < 1.29 is 19.1 Å². The van der Waals surface area contributed by atoms with E-state index in [1.807, 2.05) is 0 Å². The van der Waals surface area contributed by atoms with E-state index in [9.17, 15) is 9.59 Å². The van der Waals surface area contributed by atoms with Crippen LogP contribution in [-0.4, -0.2) is 31.1 Å². The van der Waals surface area contributed by atoms with Gasteiger partial charge in [-0.25, -0.2) is 0 Å². The molecule has 0 aliphatic carbocycles. The lowest BCUT2D eigenvalue weighted by molar-refractivity contribution is -0.152. The average molecular weight is 413 g/mol. The van der Waals surface area contributed by atoms with Gasteiger partial charge in [-0.1, -0.05) is 103 Å². The Kier molecular flexibility index (Phi) is 21.1. The van der Waals surface area contributed by atoms with Crippen molar-refractivity contribution in [2.45, 2.75) is 136 Å². The molecule has 0 aromatic heterocycles. The highest BCUT2D eigenvalue weighted by molar-refractivity contribution is 5.94. The molecule has 0 bridgehead atoms. The number of Topliss-reactive ketones (excluding diaryl/α,β-unsaturated/α-hetero) is 1. The highest BCUT2D eigenvalue weighted by Gasteiger charge is 2.11. The molecule has 0 radical (unpaired) electrons. The van der Waals surface area contributed by atoms with Gasteiger partial charge in [0, 0.05) is 6.61 Å². The van der Waals surface area contributed by atoms with Crippen molar-refractivity contribution in [3.63, 3.8) is 0 Å². The molecule has 0 aliphatic rings. The van der Waals surface area contributed by atoms with Crippen LogP contribution in [0.3, 0.4) is 0 Å². The van der Waals surface area contributed by atoms with Gasteiger partial charge in [-0.15, -0.1) is 0 Å². The van der Waals surface area contributed by atoms with E-state index in [1.165, 1.54) is 103 Å². The molecule has 0 aromatic carbocycles. The second-order valence-corrected chi connectivity index (χ2v) is 8.56. The van der Waals surface area contributed by atoms with Crippen LogP contribution in [0.25, 0.3) is 0 Å². The molecule has 0 saturated carbocycles. The molecule has 4 heteroatoms. The summed E-state index contributed by atoms with van der Waals surface area (Å²) in [7, 11) is 0. The summed E-state index contributed by atoms with van der Waals surface area (Å²) in [6.07, 6.45) is 21.4. The summed E-state index contributed by atoms with van der Waals surface area (Å²) < 4.78 is 10.7. The second-order valence-electron chi connectivity index (χ2n) is 8.56. The Balaban J connectivity index is 3.18. The van der Waals surface area contributed by atoms with Crippen molar-refractivity contribution in [2.75, 3.05) is 13.2 Å². The summed E-state index contributed by atoms with van der Waals surface area (Å²) in [6.45, 7) is 6.58. The molecule has 0 amide bonds. The predicted molar refractivity (Wildman–Crippen MR) is 121 cm³/mol. The van der Waals surface area contributed by atoms with Crippen molar-refractivity contribution in [1.82, 2.24) is 0 Å². The third-order valence-electron chi connectivity index (χ3n) is 5.22. The second kappa shape index (κ2) is 21.8. The SMILES string of the molecule is CCCCCCCCCCCCCCCCCCOCC(C)OC(=O)CC(C)=O. The fourth-order valence-electron chi connectivity index (χ4n) is 3.50. The zero-order valence-electron chi connectivity index (χ0n) is 19.6. The molecular formula is C25H48O4. The van der Waals surface area contributed by atoms with Crippen LogP contribution < -0.4 is 0 Å². The monoisotopic (exact) mass is 412 g/mol. The molecule has 1 atom stereocenters. The van der Waals surface area contributed by atoms with E-state index in [4.69, 9.17) is 9.47 Å². The molecule has 1 unspecified atom stereocenters. The minimum absolute atomic E-state index is 0.149. The fraction of sp³-hybridized carbons (Fsp3) is 0.920. The number of hydrogen-bond donors (Lipinski definition) is 0. The van der Waals surface area contributed by atoms with Gasteiger partial charge in [-0.05, 0) is 20.3 Å². The molecule has 0 N–H and O–H groups in total. The van der Waals surface area contributed by atoms with Crippen LogP contribution in [0.2, 0.25) is 0 Å². The molecule has 0 spiro atoms. The number of esters is 1. The third-order valence-corrected chi connectivity index (χ3v) is 5.22. The lowest BCUT2D eigenvalue weighted by Gasteiger charge is -2.13. The number of rotatable bonds is 22. The van der Waals surface area contributed by atoms with Gasteiger partial charge in [0.2, 0.25) is 0 Å². The van der Waals surface area contributed by atoms with Gasteiger partial charge in [0.05, 0.1) is 6.61 Å². The van der Waals surface area contributed by atoms with Crippen molar-refractivity contribution in [1.29, 1.82) is 0 Å². The van der Waals surface area contributed by atoms with E-state index in [2.05, 4.69) is 6.92 Å². The number of ketones is 1. The van der Waals surface area contributed by atoms with Crippen molar-refractivity contribution in [3.8, 4) is 0 Å². The Hall–Kier alpha value is -0.900. The number of carbonyl (C=O) groups is 2. The Morgan fingerprint density at radius 1 is 0.690 bits per heavy atom. The molecule has 0 heterocycles. The number of hydrogen-bond acceptors (Lipinski definition) is 4. The largest absolute Gasteiger partial charge is 0.460 e. The van der Waals surface area contributed by atoms with E-state index in [-0.39, 0.29) is 18.3 Å². The van der Waals surface area contributed by atoms with Crippen molar-refractivity contribution >= 4 is 11.8 Å². The number of carbonyl (C=O) groups excluding carboxylic acids is 2. The molecule has 29 heavy (non-hydrogen) atoms. The van der Waals surface area contributed by atoms with Crippen molar-refractivity contribution in [2.24, 2.45) is 0 Å². The molecule has 0 saturated heterocycles. The lowest BCUT2D eigenvalue weighted by Crippen LogP contribution is -2.21. The highest BCUT2D eigenvalue weighted by atomic mass is 16.6. The molecule has 0 aliphatic heterocycles. The molecule has 0 fully saturated rings. The summed E-state index contributed by atoms with van der Waals surface area (Å²) in [5, 5.41) is 0. The van der Waals surface area contributed by atoms with Gasteiger partial charge in [0.15, 0.2) is 0 Å². The van der Waals surface area contributed by atoms with E-state index in [0.29, 0.717) is 13.2 Å². The van der Waals surface area contributed by atoms with Gasteiger partial charge in [0.1, 0.15) is 18.3 Å². The molecule has 4 nitrogen and oxygen atoms in total. The predicted octanol–water partition coefficient (Wildman–Crippen LogP) is 7.18. The zero-order chi connectivity index (χ0) is 21.6. The van der Waals surface area contributed by atoms with Gasteiger partial charge >= 0.3 is 5.97 Å². The van der Waals surface area contributed by atoms with E-state index >= 15 is 0 Å². The van der Waals surface area contributed by atoms with Crippen LogP contribution in [0.15, 0.2) is 0 Å². The van der Waals surface area contributed by atoms with E-state index in [0.717, 1.165) is 6.42 Å². The van der Waals surface area contributed by atoms with Crippen LogP contribution in [0.5, 0.6) is 0 Å². The molecule has 0 rings (SSSR count). The number of unbranched alkanes of at least 4 members (excludes halogenated alkanes) is 15. The normalized spacial score (nSPS) is 12.1. The summed E-state index contributed by atoms with van der Waals surface area (Å²) in [5.74, 6) is -0.632. The molecule has 0 aromatic rings. The summed E-state index contributed by atoms with van der Waals surface area (Å²) >= 11 is 0. The quantitative estimate of drug-likeness (QED) is 0.107. The van der Waals surface area contributed by atoms with E-state index in [1.54, 1.807) is 6.92 Å². The van der Waals surface area contributed by atoms with Crippen molar-refractivity contribution in [3.05, 3.63) is 0 Å². The molecular weight excluding hydrogens is 364 g/mol. The van der Waals surface area contributed by atoms with Gasteiger partial charge in [-0.3, -0.25) is 9.59 Å². The first-order valence-electron chi connectivity index (χ1n) is 12.3. The van der Waals surface area contributed by atoms with E-state index < -0.39 is 5.97 Å². The number of ether oxygens (including phenoxy) is 2. The summed E-state index contributed by atoms with van der Waals surface area (Å²) in [6, 6.07) is 0. The van der Waals surface area contributed by atoms with Crippen LogP contribution >= 0.6 is 0 Å². The minimum Gasteiger partial charge on any atom is -0.460 e. The first kappa shape index (κ1) is 28.1. The standard InChI is InChI=1S/C25H48O4/c1-4-5-6-7-8-9-10-11-12-13-14-15-16-17-18-19-20-28-22-24(3)29-25(27)21-23(2)26/h24H,4-22H2,1-3H3. The maximum atomic E-state index is 11.4. The smallest absolute Gasteiger partial charge is 0.313 e. The van der Waals surface area contributed by atoms with Crippen LogP contribution in [0.4, 0.5) is 0 Å². The maximum Gasteiger partial charge on any atom is 0.313 e. The minimum atomic E-state index is -0.462. The fourth-order valence-corrected chi connectivity index (χ4v) is 3.50. The average Bonchev–Trinajstić information content (AvgIpc) is 2.66. The van der Waals surface area contributed by atoms with Crippen LogP contribution in [-0.2, 0) is 19.1 Å². The molecule has 172 valence electrons.